The summed E-state index contributed by atoms with van der Waals surface area (Å²) in [4.78, 5) is 15.0. The van der Waals surface area contributed by atoms with Gasteiger partial charge in [0.2, 0.25) is 0 Å². The fraction of sp³-hybridized carbons (Fsp3) is 0.944. The molecule has 3 nitrogen and oxygen atoms in total. The maximum atomic E-state index is 12.8. The van der Waals surface area contributed by atoms with Gasteiger partial charge in [-0.3, -0.25) is 0 Å². The van der Waals surface area contributed by atoms with Crippen LogP contribution in [0.5, 0.6) is 0 Å². The van der Waals surface area contributed by atoms with Crippen LogP contribution < -0.4 is 5.32 Å². The van der Waals surface area contributed by atoms with Gasteiger partial charge in [-0.05, 0) is 31.1 Å². The van der Waals surface area contributed by atoms with Crippen molar-refractivity contribution in [2.45, 2.75) is 97.1 Å². The maximum Gasteiger partial charge on any atom is 0.317 e. The minimum Gasteiger partial charge on any atom is -0.335 e. The molecule has 2 saturated carbocycles. The second kappa shape index (κ2) is 7.51. The van der Waals surface area contributed by atoms with Crippen molar-refractivity contribution in [3.8, 4) is 0 Å². The number of urea groups is 1. The van der Waals surface area contributed by atoms with E-state index in [0.29, 0.717) is 12.1 Å². The number of nitrogens with zero attached hydrogens (tertiary/aromatic N) is 1. The highest BCUT2D eigenvalue weighted by Crippen LogP contribution is 2.27. The quantitative estimate of drug-likeness (QED) is 0.803. The Kier molecular flexibility index (Phi) is 5.95. The predicted molar refractivity (Wildman–Crippen MR) is 88.4 cm³/mol. The zero-order valence-electron chi connectivity index (χ0n) is 14.3. The molecule has 0 radical (unpaired) electrons. The Hall–Kier alpha value is -0.730. The van der Waals surface area contributed by atoms with Gasteiger partial charge in [0, 0.05) is 18.6 Å². The highest BCUT2D eigenvalue weighted by molar-refractivity contribution is 5.75. The number of rotatable bonds is 3. The molecule has 2 aliphatic carbocycles. The van der Waals surface area contributed by atoms with E-state index in [-0.39, 0.29) is 11.4 Å². The molecule has 0 saturated heterocycles. The molecular weight excluding hydrogens is 260 g/mol. The average molecular weight is 294 g/mol. The first kappa shape index (κ1) is 16.6. The molecular formula is C18H34N2O. The van der Waals surface area contributed by atoms with E-state index >= 15 is 0 Å². The standard InChI is InChI=1S/C18H34N2O/c1-18(2,3)14-20(16-12-8-5-9-13-16)17(21)19-15-10-6-4-7-11-15/h15-16H,4-14H2,1-3H3,(H,19,21). The van der Waals surface area contributed by atoms with E-state index in [1.807, 2.05) is 0 Å². The summed E-state index contributed by atoms with van der Waals surface area (Å²) >= 11 is 0. The third-order valence-electron chi connectivity index (χ3n) is 4.85. The van der Waals surface area contributed by atoms with Crippen molar-refractivity contribution in [2.24, 2.45) is 5.41 Å². The molecule has 2 amide bonds. The lowest BCUT2D eigenvalue weighted by molar-refractivity contribution is 0.122. The van der Waals surface area contributed by atoms with Crippen LogP contribution in [-0.4, -0.2) is 29.6 Å². The van der Waals surface area contributed by atoms with Crippen LogP contribution in [-0.2, 0) is 0 Å². The van der Waals surface area contributed by atoms with Crippen LogP contribution in [0.4, 0.5) is 4.79 Å². The van der Waals surface area contributed by atoms with Crippen LogP contribution in [0.15, 0.2) is 0 Å². The summed E-state index contributed by atoms with van der Waals surface area (Å²) in [5.41, 5.74) is 0.168. The minimum atomic E-state index is 0.168. The van der Waals surface area contributed by atoms with Gasteiger partial charge in [0.1, 0.15) is 0 Å². The Morgan fingerprint density at radius 3 is 2.00 bits per heavy atom. The second-order valence-corrected chi connectivity index (χ2v) is 8.26. The third kappa shape index (κ3) is 5.52. The summed E-state index contributed by atoms with van der Waals surface area (Å²) in [6, 6.07) is 1.07. The molecule has 0 spiro atoms. The number of carbonyl (C=O) groups is 1. The van der Waals surface area contributed by atoms with Crippen LogP contribution in [0.2, 0.25) is 0 Å². The normalized spacial score (nSPS) is 22.0. The van der Waals surface area contributed by atoms with Gasteiger partial charge in [0.05, 0.1) is 0 Å². The van der Waals surface area contributed by atoms with E-state index in [1.54, 1.807) is 0 Å². The molecule has 2 aliphatic rings. The molecule has 0 unspecified atom stereocenters. The molecule has 3 heteroatoms. The van der Waals surface area contributed by atoms with Crippen LogP contribution >= 0.6 is 0 Å². The van der Waals surface area contributed by atoms with E-state index in [0.717, 1.165) is 6.54 Å². The van der Waals surface area contributed by atoms with Gasteiger partial charge in [-0.2, -0.15) is 0 Å². The zero-order valence-corrected chi connectivity index (χ0v) is 14.3. The van der Waals surface area contributed by atoms with Crippen molar-refractivity contribution in [3.05, 3.63) is 0 Å². The first-order valence-corrected chi connectivity index (χ1v) is 9.03. The number of amides is 2. The van der Waals surface area contributed by atoms with Crippen molar-refractivity contribution in [1.29, 1.82) is 0 Å². The number of hydrogen-bond donors (Lipinski definition) is 1. The molecule has 0 heterocycles. The van der Waals surface area contributed by atoms with E-state index in [4.69, 9.17) is 0 Å². The second-order valence-electron chi connectivity index (χ2n) is 8.26. The molecule has 122 valence electrons. The third-order valence-corrected chi connectivity index (χ3v) is 4.85. The topological polar surface area (TPSA) is 32.3 Å². The average Bonchev–Trinajstić information content (AvgIpc) is 2.46. The lowest BCUT2D eigenvalue weighted by Gasteiger charge is -2.39. The number of hydrogen-bond acceptors (Lipinski definition) is 1. The van der Waals surface area contributed by atoms with Gasteiger partial charge in [-0.15, -0.1) is 0 Å². The first-order valence-electron chi connectivity index (χ1n) is 9.03. The zero-order chi connectivity index (χ0) is 15.3. The Bertz CT molecular complexity index is 323. The Balaban J connectivity index is 1.96. The lowest BCUT2D eigenvalue weighted by Crippen LogP contribution is -2.52. The van der Waals surface area contributed by atoms with Crippen LogP contribution in [0.3, 0.4) is 0 Å². The van der Waals surface area contributed by atoms with Crippen LogP contribution in [0, 0.1) is 5.41 Å². The van der Waals surface area contributed by atoms with Gasteiger partial charge in [0.25, 0.3) is 0 Å². The molecule has 2 rings (SSSR count). The van der Waals surface area contributed by atoms with Crippen molar-refractivity contribution in [1.82, 2.24) is 10.2 Å². The summed E-state index contributed by atoms with van der Waals surface area (Å²) in [7, 11) is 0. The van der Waals surface area contributed by atoms with Gasteiger partial charge in [-0.1, -0.05) is 59.3 Å². The monoisotopic (exact) mass is 294 g/mol. The van der Waals surface area contributed by atoms with Crippen molar-refractivity contribution in [3.63, 3.8) is 0 Å². The molecule has 0 aliphatic heterocycles. The van der Waals surface area contributed by atoms with Crippen LogP contribution in [0.1, 0.15) is 85.0 Å². The minimum absolute atomic E-state index is 0.168. The lowest BCUT2D eigenvalue weighted by atomic mass is 9.90. The van der Waals surface area contributed by atoms with Gasteiger partial charge < -0.3 is 10.2 Å². The van der Waals surface area contributed by atoms with Crippen molar-refractivity contribution < 1.29 is 4.79 Å². The van der Waals surface area contributed by atoms with E-state index < -0.39 is 0 Å². The fourth-order valence-corrected chi connectivity index (χ4v) is 3.77. The summed E-state index contributed by atoms with van der Waals surface area (Å²) in [6.45, 7) is 7.57. The molecule has 0 bridgehead atoms. The molecule has 1 N–H and O–H groups in total. The predicted octanol–water partition coefficient (Wildman–Crippen LogP) is 4.71. The van der Waals surface area contributed by atoms with Gasteiger partial charge in [-0.25, -0.2) is 4.79 Å². The number of carbonyl (C=O) groups excluding carboxylic acids is 1. The van der Waals surface area contributed by atoms with Gasteiger partial charge in [0.15, 0.2) is 0 Å². The summed E-state index contributed by atoms with van der Waals surface area (Å²) < 4.78 is 0. The molecule has 0 aromatic rings. The molecule has 0 atom stereocenters. The molecule has 2 fully saturated rings. The first-order chi connectivity index (χ1) is 9.96. The smallest absolute Gasteiger partial charge is 0.317 e. The Morgan fingerprint density at radius 2 is 1.48 bits per heavy atom. The Morgan fingerprint density at radius 1 is 0.952 bits per heavy atom. The summed E-state index contributed by atoms with van der Waals surface area (Å²) in [6.07, 6.45) is 12.5. The Labute approximate surface area is 130 Å². The molecule has 0 aromatic heterocycles. The summed E-state index contributed by atoms with van der Waals surface area (Å²) in [5, 5.41) is 3.33. The van der Waals surface area contributed by atoms with Crippen molar-refractivity contribution >= 4 is 6.03 Å². The maximum absolute atomic E-state index is 12.8. The van der Waals surface area contributed by atoms with Crippen molar-refractivity contribution in [2.75, 3.05) is 6.54 Å². The summed E-state index contributed by atoms with van der Waals surface area (Å²) in [5.74, 6) is 0. The van der Waals surface area contributed by atoms with E-state index in [2.05, 4.69) is 31.0 Å². The fourth-order valence-electron chi connectivity index (χ4n) is 3.77. The van der Waals surface area contributed by atoms with E-state index in [9.17, 15) is 4.79 Å². The largest absolute Gasteiger partial charge is 0.335 e. The van der Waals surface area contributed by atoms with Crippen LogP contribution in [0.25, 0.3) is 0 Å². The number of nitrogens with one attached hydrogen (secondary N) is 1. The molecule has 0 aromatic carbocycles. The van der Waals surface area contributed by atoms with E-state index in [1.165, 1.54) is 64.2 Å². The van der Waals surface area contributed by atoms with Gasteiger partial charge >= 0.3 is 6.03 Å². The molecule has 21 heavy (non-hydrogen) atoms. The SMILES string of the molecule is CC(C)(C)CN(C(=O)NC1CCCCC1)C1CCCCC1. The highest BCUT2D eigenvalue weighted by Gasteiger charge is 2.30. The highest BCUT2D eigenvalue weighted by atomic mass is 16.2.